The van der Waals surface area contributed by atoms with Gasteiger partial charge >= 0.3 is 6.18 Å². The summed E-state index contributed by atoms with van der Waals surface area (Å²) in [5.74, 6) is -5.15. The maximum Gasteiger partial charge on any atom is 0.449 e. The van der Waals surface area contributed by atoms with Crippen molar-refractivity contribution < 1.29 is 31.1 Å². The summed E-state index contributed by atoms with van der Waals surface area (Å²) >= 11 is 5.89. The minimum Gasteiger partial charge on any atom is -0.335 e. The van der Waals surface area contributed by atoms with Crippen molar-refractivity contribution in [3.8, 4) is 11.3 Å². The van der Waals surface area contributed by atoms with Crippen LogP contribution in [0.2, 0.25) is 5.15 Å². The van der Waals surface area contributed by atoms with E-state index in [-0.39, 0.29) is 67.0 Å². The first-order chi connectivity index (χ1) is 16.4. The summed E-state index contributed by atoms with van der Waals surface area (Å²) in [7, 11) is 0. The van der Waals surface area contributed by atoms with E-state index in [2.05, 4.69) is 9.97 Å². The summed E-state index contributed by atoms with van der Waals surface area (Å²) in [6, 6.07) is 2.98. The van der Waals surface area contributed by atoms with Gasteiger partial charge in [0.05, 0.1) is 17.9 Å². The van der Waals surface area contributed by atoms with E-state index in [1.54, 1.807) is 0 Å². The molecule has 1 aromatic carbocycles. The Kier molecular flexibility index (Phi) is 8.21. The van der Waals surface area contributed by atoms with E-state index in [9.17, 15) is 31.1 Å². The van der Waals surface area contributed by atoms with Gasteiger partial charge in [-0.15, -0.1) is 12.4 Å². The van der Waals surface area contributed by atoms with Gasteiger partial charge in [0.15, 0.2) is 11.6 Å². The van der Waals surface area contributed by atoms with Crippen molar-refractivity contribution in [3.63, 3.8) is 0 Å². The largest absolute Gasteiger partial charge is 0.449 e. The van der Waals surface area contributed by atoms with Crippen molar-refractivity contribution in [2.45, 2.75) is 38.1 Å². The van der Waals surface area contributed by atoms with E-state index >= 15 is 0 Å². The number of benzene rings is 1. The molecular weight excluding hydrogens is 535 g/mol. The average molecular weight is 554 g/mol. The van der Waals surface area contributed by atoms with Crippen molar-refractivity contribution >= 4 is 29.9 Å². The number of fused-ring (bicyclic) bond motifs is 1. The van der Waals surface area contributed by atoms with E-state index in [0.717, 1.165) is 4.57 Å². The second kappa shape index (κ2) is 10.7. The minimum absolute atomic E-state index is 0. The molecule has 3 aromatic rings. The van der Waals surface area contributed by atoms with Crippen LogP contribution < -0.4 is 5.73 Å². The van der Waals surface area contributed by atoms with E-state index in [1.165, 1.54) is 23.2 Å². The molecule has 14 heteroatoms. The van der Waals surface area contributed by atoms with Crippen LogP contribution in [0.25, 0.3) is 11.3 Å². The third-order valence-electron chi connectivity index (χ3n) is 5.62. The van der Waals surface area contributed by atoms with Gasteiger partial charge in [0, 0.05) is 43.4 Å². The number of carbonyl (C=O) groups excluding carboxylic acids is 1. The number of halogens is 8. The van der Waals surface area contributed by atoms with E-state index < -0.39 is 41.4 Å². The van der Waals surface area contributed by atoms with Gasteiger partial charge in [-0.1, -0.05) is 11.6 Å². The number of nitrogens with two attached hydrogens (primary N) is 1. The molecule has 0 saturated carbocycles. The van der Waals surface area contributed by atoms with Gasteiger partial charge in [-0.05, 0) is 30.2 Å². The number of hydrogen-bond acceptors (Lipinski definition) is 4. The molecule has 0 unspecified atom stereocenters. The molecule has 0 fully saturated rings. The Morgan fingerprint density at radius 2 is 1.81 bits per heavy atom. The lowest BCUT2D eigenvalue weighted by Crippen LogP contribution is -2.42. The molecule has 2 aromatic heterocycles. The molecule has 2 N–H and O–H groups in total. The number of amides is 1. The number of hydrogen-bond donors (Lipinski definition) is 1. The molecule has 1 aliphatic rings. The Labute approximate surface area is 212 Å². The summed E-state index contributed by atoms with van der Waals surface area (Å²) in [5, 5.41) is 0.0667. The van der Waals surface area contributed by atoms with Gasteiger partial charge in [0.2, 0.25) is 11.7 Å². The van der Waals surface area contributed by atoms with E-state index in [0.29, 0.717) is 17.7 Å². The van der Waals surface area contributed by atoms with Crippen LogP contribution in [0.3, 0.4) is 0 Å². The fraction of sp³-hybridized carbons (Fsp3) is 0.318. The molecule has 0 saturated heterocycles. The maximum atomic E-state index is 13.9. The number of rotatable bonds is 5. The Morgan fingerprint density at radius 1 is 1.11 bits per heavy atom. The summed E-state index contributed by atoms with van der Waals surface area (Å²) in [5.41, 5.74) is 6.25. The Hall–Kier alpha value is -2.83. The number of nitrogens with zero attached hydrogens (tertiary/aromatic N) is 4. The van der Waals surface area contributed by atoms with Gasteiger partial charge in [-0.3, -0.25) is 4.79 Å². The first kappa shape index (κ1) is 27.8. The Morgan fingerprint density at radius 3 is 2.47 bits per heavy atom. The van der Waals surface area contributed by atoms with Crippen molar-refractivity contribution in [1.29, 1.82) is 0 Å². The van der Waals surface area contributed by atoms with Crippen LogP contribution in [0.1, 0.15) is 23.5 Å². The normalized spacial score (nSPS) is 14.3. The molecule has 194 valence electrons. The molecule has 1 amide bonds. The highest BCUT2D eigenvalue weighted by Gasteiger charge is 2.41. The van der Waals surface area contributed by atoms with Crippen LogP contribution in [0.5, 0.6) is 0 Å². The van der Waals surface area contributed by atoms with E-state index in [4.69, 9.17) is 17.3 Å². The van der Waals surface area contributed by atoms with Crippen LogP contribution in [-0.4, -0.2) is 37.9 Å². The zero-order chi connectivity index (χ0) is 25.5. The fourth-order valence-corrected chi connectivity index (χ4v) is 4.18. The van der Waals surface area contributed by atoms with Crippen LogP contribution >= 0.6 is 24.0 Å². The summed E-state index contributed by atoms with van der Waals surface area (Å²) in [4.78, 5) is 21.8. The van der Waals surface area contributed by atoms with E-state index in [1.807, 2.05) is 0 Å². The van der Waals surface area contributed by atoms with Gasteiger partial charge in [-0.2, -0.15) is 13.2 Å². The SMILES string of the molecule is Cl.N[C@@H](CC(=O)N1CCn2c(C(F)(F)F)nc(-c3ccnc(Cl)c3)c2C1)Cc1cc(F)c(F)cc1F. The highest BCUT2D eigenvalue weighted by molar-refractivity contribution is 6.29. The third kappa shape index (κ3) is 5.76. The standard InChI is InChI=1S/C22H18ClF6N5O.ClH/c23-18-7-11(1-2-31-18)20-17-10-33(3-4-34(17)21(32-20)22(27,28)29)19(35)8-13(30)5-12-6-15(25)16(26)9-14(12)24;/h1-2,6-7,9,13H,3-5,8,10,30H2;1H/t13-;/m1./s1. The number of imidazole rings is 1. The Balaban J connectivity index is 0.00000361. The first-order valence-corrected chi connectivity index (χ1v) is 10.8. The lowest BCUT2D eigenvalue weighted by Gasteiger charge is -2.30. The molecule has 6 nitrogen and oxygen atoms in total. The van der Waals surface area contributed by atoms with Crippen molar-refractivity contribution in [1.82, 2.24) is 19.4 Å². The number of aromatic nitrogens is 3. The van der Waals surface area contributed by atoms with Crippen LogP contribution in [-0.2, 0) is 30.5 Å². The molecule has 4 rings (SSSR count). The summed E-state index contributed by atoms with van der Waals surface area (Å²) in [6.45, 7) is -0.369. The minimum atomic E-state index is -4.72. The van der Waals surface area contributed by atoms with Gasteiger partial charge in [0.1, 0.15) is 11.0 Å². The quantitative estimate of drug-likeness (QED) is 0.281. The third-order valence-corrected chi connectivity index (χ3v) is 5.83. The molecule has 0 spiro atoms. The highest BCUT2D eigenvalue weighted by atomic mass is 35.5. The zero-order valence-electron chi connectivity index (χ0n) is 18.3. The monoisotopic (exact) mass is 553 g/mol. The van der Waals surface area contributed by atoms with Gasteiger partial charge in [0.25, 0.3) is 0 Å². The molecular formula is C22H19Cl2F6N5O. The van der Waals surface area contributed by atoms with Gasteiger partial charge < -0.3 is 15.2 Å². The maximum absolute atomic E-state index is 13.9. The molecule has 0 bridgehead atoms. The smallest absolute Gasteiger partial charge is 0.335 e. The van der Waals surface area contributed by atoms with Crippen molar-refractivity contribution in [2.75, 3.05) is 6.54 Å². The lowest BCUT2D eigenvalue weighted by atomic mass is 10.0. The second-order valence-electron chi connectivity index (χ2n) is 8.09. The molecule has 1 aliphatic heterocycles. The van der Waals surface area contributed by atoms with Crippen molar-refractivity contribution in [2.24, 2.45) is 5.73 Å². The zero-order valence-corrected chi connectivity index (χ0v) is 19.9. The van der Waals surface area contributed by atoms with Crippen molar-refractivity contribution in [3.05, 3.63) is 70.1 Å². The second-order valence-corrected chi connectivity index (χ2v) is 8.48. The molecule has 36 heavy (non-hydrogen) atoms. The topological polar surface area (TPSA) is 77.0 Å². The number of pyridine rings is 1. The summed E-state index contributed by atoms with van der Waals surface area (Å²) < 4.78 is 82.3. The van der Waals surface area contributed by atoms with Crippen LogP contribution in [0.4, 0.5) is 26.3 Å². The lowest BCUT2D eigenvalue weighted by molar-refractivity contribution is -0.148. The Bertz CT molecular complexity index is 1280. The first-order valence-electron chi connectivity index (χ1n) is 10.4. The fourth-order valence-electron chi connectivity index (χ4n) is 4.01. The predicted octanol–water partition coefficient (Wildman–Crippen LogP) is 4.76. The average Bonchev–Trinajstić information content (AvgIpc) is 3.17. The van der Waals surface area contributed by atoms with Gasteiger partial charge in [-0.25, -0.2) is 23.1 Å². The molecule has 0 aliphatic carbocycles. The summed E-state index contributed by atoms with van der Waals surface area (Å²) in [6.07, 6.45) is -3.90. The molecule has 1 atom stereocenters. The number of carbonyl (C=O) groups is 1. The van der Waals surface area contributed by atoms with Crippen LogP contribution in [0, 0.1) is 17.5 Å². The number of alkyl halides is 3. The van der Waals surface area contributed by atoms with Crippen LogP contribution in [0.15, 0.2) is 30.5 Å². The molecule has 3 heterocycles. The molecule has 0 radical (unpaired) electrons. The predicted molar refractivity (Wildman–Crippen MR) is 121 cm³/mol. The highest BCUT2D eigenvalue weighted by Crippen LogP contribution is 2.36.